The van der Waals surface area contributed by atoms with E-state index in [1.807, 2.05) is 48.7 Å². The van der Waals surface area contributed by atoms with Gasteiger partial charge in [-0.05, 0) is 137 Å². The van der Waals surface area contributed by atoms with Gasteiger partial charge in [-0.1, -0.05) is 204 Å². The Morgan fingerprint density at radius 2 is 0.551 bits per heavy atom. The Morgan fingerprint density at radius 3 is 0.891 bits per heavy atom. The molecule has 0 aliphatic heterocycles. The SMILES string of the molecule is CCOc1ccc2c(c1)s/c(=N\N=c1\sc3cc(OCC)ccc3n1CC)n2CC.Cn1c2ccccc2c2c3c4ccccc4n(C)c3n(C)c21.Cn1c2ccccc2c2c3c4ccccc4n(C)c3oc21.Cn1c2ccccc2c2c3c4ccccc4n(C)c3sc21.Cn1c2ccccc2c2oc3c4ccccc4n(C)c3c21.Cn1c2ccccc2c2sc3c4ccccc4n(C)c3c21.[CH2]=[V]. The van der Waals surface area contributed by atoms with Crippen LogP contribution in [0.5, 0.6) is 11.5 Å². The second kappa shape index (κ2) is 34.5. The second-order valence-electron chi connectivity index (χ2n) is 35.1. The van der Waals surface area contributed by atoms with Crippen LogP contribution in [0, 0.1) is 0 Å². The van der Waals surface area contributed by atoms with Crippen LogP contribution in [0.2, 0.25) is 0 Å². The van der Waals surface area contributed by atoms with Crippen LogP contribution in [0.25, 0.3) is 237 Å². The molecular formula is C114H101N15O4S4V. The van der Waals surface area contributed by atoms with Crippen molar-refractivity contribution in [3.63, 3.8) is 0 Å². The molecule has 0 amide bonds. The van der Waals surface area contributed by atoms with Gasteiger partial charge in [0.1, 0.15) is 43.5 Å². The van der Waals surface area contributed by atoms with Gasteiger partial charge in [-0.2, -0.15) is 0 Å². The number of hydrogen-bond donors (Lipinski definition) is 0. The summed E-state index contributed by atoms with van der Waals surface area (Å²) in [5.41, 5.74) is 26.5. The van der Waals surface area contributed by atoms with Gasteiger partial charge in [-0.3, -0.25) is 0 Å². The molecule has 0 saturated heterocycles. The molecule has 24 heteroatoms. The van der Waals surface area contributed by atoms with Crippen molar-refractivity contribution in [2.45, 2.75) is 40.8 Å². The van der Waals surface area contributed by atoms with Gasteiger partial charge in [-0.25, -0.2) is 0 Å². The molecule has 29 aromatic rings. The molecule has 29 rings (SSSR count). The van der Waals surface area contributed by atoms with Crippen LogP contribution >= 0.6 is 45.3 Å². The Morgan fingerprint density at radius 1 is 0.268 bits per heavy atom. The van der Waals surface area contributed by atoms with Crippen LogP contribution in [0.4, 0.5) is 0 Å². The van der Waals surface area contributed by atoms with E-state index < -0.39 is 0 Å². The van der Waals surface area contributed by atoms with Crippen molar-refractivity contribution in [3.05, 3.63) is 289 Å². The summed E-state index contributed by atoms with van der Waals surface area (Å²) in [4.78, 5) is 4.50. The van der Waals surface area contributed by atoms with Crippen LogP contribution in [0.3, 0.4) is 0 Å². The molecule has 0 unspecified atom stereocenters. The summed E-state index contributed by atoms with van der Waals surface area (Å²) in [5, 5.41) is 33.4. The summed E-state index contributed by atoms with van der Waals surface area (Å²) < 4.78 is 58.3. The van der Waals surface area contributed by atoms with Crippen LogP contribution in [-0.4, -0.2) is 77.8 Å². The Labute approximate surface area is 817 Å². The number of benzene rings is 12. The third-order valence-corrected chi connectivity index (χ3v) is 32.7. The van der Waals surface area contributed by atoms with Crippen molar-refractivity contribution in [2.75, 3.05) is 13.2 Å². The van der Waals surface area contributed by atoms with Crippen molar-refractivity contribution in [1.82, 2.24) is 59.4 Å². The summed E-state index contributed by atoms with van der Waals surface area (Å²) >= 11 is 9.15. The Bertz CT molecular complexity index is 9190. The number of hydrogen-bond acceptors (Lipinski definition) is 10. The number of thiazole rings is 2. The minimum atomic E-state index is 0.658. The summed E-state index contributed by atoms with van der Waals surface area (Å²) in [6.45, 7) is 11.2. The first-order chi connectivity index (χ1) is 67.5. The van der Waals surface area contributed by atoms with Crippen molar-refractivity contribution < 1.29 is 35.3 Å². The Balaban J connectivity index is 0.0000000928. The average molecular weight is 1920 g/mol. The molecule has 17 aromatic heterocycles. The molecule has 12 aromatic carbocycles. The quantitative estimate of drug-likeness (QED) is 0.147. The average Bonchev–Trinajstić information content (AvgIpc) is 1.55. The number of rotatable bonds is 7. The number of para-hydroxylation sites is 10. The molecule has 19 nitrogen and oxygen atoms in total. The fourth-order valence-corrected chi connectivity index (χ4v) is 26.7. The first kappa shape index (κ1) is 87.4. The normalized spacial score (nSPS) is 12.3. The van der Waals surface area contributed by atoms with E-state index in [9.17, 15) is 0 Å². The molecule has 17 heterocycles. The number of nitrogens with zero attached hydrogens (tertiary/aromatic N) is 15. The van der Waals surface area contributed by atoms with E-state index in [0.717, 1.165) is 77.2 Å². The number of aryl methyl sites for hydroxylation is 13. The Hall–Kier alpha value is -14.7. The molecule has 138 heavy (non-hydrogen) atoms. The van der Waals surface area contributed by atoms with Crippen LogP contribution < -0.4 is 19.1 Å². The summed E-state index contributed by atoms with van der Waals surface area (Å²) in [6.07, 6.45) is 0. The fraction of sp³-hybridized carbons (Fsp3) is 0.167. The van der Waals surface area contributed by atoms with E-state index in [1.165, 1.54) is 194 Å². The van der Waals surface area contributed by atoms with E-state index in [4.69, 9.17) is 18.3 Å². The molecule has 0 N–H and O–H groups in total. The summed E-state index contributed by atoms with van der Waals surface area (Å²) in [5.74, 6) is 1.77. The van der Waals surface area contributed by atoms with Gasteiger partial charge in [0.15, 0.2) is 11.2 Å². The van der Waals surface area contributed by atoms with Crippen LogP contribution in [0.1, 0.15) is 27.7 Å². The number of thiophene rings is 2. The zero-order chi connectivity index (χ0) is 94.6. The molecule has 0 spiro atoms. The summed E-state index contributed by atoms with van der Waals surface area (Å²) in [7, 11) is 23.5. The first-order valence-electron chi connectivity index (χ1n) is 46.6. The van der Waals surface area contributed by atoms with Gasteiger partial charge in [-0.15, -0.1) is 21.5 Å². The van der Waals surface area contributed by atoms with Crippen molar-refractivity contribution in [3.8, 4) is 11.5 Å². The fourth-order valence-electron chi connectivity index (χ4n) is 21.8. The van der Waals surface area contributed by atoms with Crippen molar-refractivity contribution in [2.24, 2.45) is 87.7 Å². The van der Waals surface area contributed by atoms with E-state index in [1.54, 1.807) is 22.7 Å². The molecular weight excluding hydrogens is 1820 g/mol. The van der Waals surface area contributed by atoms with Gasteiger partial charge >= 0.3 is 22.2 Å². The standard InChI is InChI=1S/C22H26N4O2S2.C19H17N3.2C18H14N2O.2C18H14N2S.CH2.V/c1-5-25-17-11-9-15(27-7-3)13-19(17)29-21(25)23-24-22-26(6-2)18-12-10-16(28-8-4)14-20(18)30-22;1-20-14-10-6-4-8-12(14)16-17-13-9-5-7-11-15(13)21(2)19(17)22(3)18(16)20;1-19-13-9-5-3-7-11(13)17-15(19)16-18(21-17)12-8-4-6-10-14(12)20(16)2;1-19-13-9-5-3-7-11(13)15-16-12-8-4-6-10-14(12)20(2)18(16)21-17(15)19;1-19-13-9-5-3-7-11(13)17-15(19)16-18(21-17)12-8-4-6-10-14(12)20(16)2;1-19-13-9-5-3-7-11(13)15-16-12-8-4-6-10-14(12)20(2)18(16)21-17(15)19;;/h9-14H,5-8H2,1-4H3;4-11H,1-3H3;4*3-10H,1-2H3;1H2;/b23-21-,24-22+;;;;;;;. The van der Waals surface area contributed by atoms with E-state index in [0.29, 0.717) is 13.2 Å². The van der Waals surface area contributed by atoms with Crippen LogP contribution in [-0.2, 0) is 108 Å². The number of aromatic nitrogens is 13. The molecule has 685 valence electrons. The zero-order valence-corrected chi connectivity index (χ0v) is 84.2. The number of ether oxygens (including phenoxy) is 2. The van der Waals surface area contributed by atoms with Gasteiger partial charge in [0.25, 0.3) is 0 Å². The third-order valence-electron chi connectivity index (χ3n) is 28.0. The zero-order valence-electron chi connectivity index (χ0n) is 79.5. The molecule has 0 fully saturated rings. The van der Waals surface area contributed by atoms with Gasteiger partial charge < -0.3 is 77.7 Å². The van der Waals surface area contributed by atoms with Gasteiger partial charge in [0, 0.05) is 188 Å². The monoisotopic (exact) mass is 1920 g/mol. The molecule has 0 aliphatic rings. The van der Waals surface area contributed by atoms with E-state index >= 15 is 0 Å². The minimum absolute atomic E-state index is 0.658. The van der Waals surface area contributed by atoms with Crippen LogP contribution in [0.15, 0.2) is 298 Å². The van der Waals surface area contributed by atoms with Gasteiger partial charge in [0.2, 0.25) is 21.0 Å². The predicted octanol–water partition coefficient (Wildman–Crippen LogP) is 28.5. The summed E-state index contributed by atoms with van der Waals surface area (Å²) in [6, 6.07) is 98.2. The number of furan rings is 2. The molecule has 0 bridgehead atoms. The van der Waals surface area contributed by atoms with Gasteiger partial charge in [0.05, 0.1) is 98.0 Å². The van der Waals surface area contributed by atoms with E-state index in [2.05, 4.69) is 450 Å². The van der Waals surface area contributed by atoms with E-state index in [-0.39, 0.29) is 0 Å². The van der Waals surface area contributed by atoms with Crippen molar-refractivity contribution in [1.29, 1.82) is 0 Å². The molecule has 0 atom stereocenters. The maximum absolute atomic E-state index is 6.28. The molecule has 0 saturated carbocycles. The second-order valence-corrected chi connectivity index (χ2v) is 39.2. The Kier molecular flexibility index (Phi) is 21.9. The maximum atomic E-state index is 6.28. The molecule has 0 aliphatic carbocycles. The number of fused-ring (bicyclic) bond motifs is 37. The third kappa shape index (κ3) is 13.2. The molecule has 0 radical (unpaired) electrons. The topological polar surface area (TPSA) is 134 Å². The van der Waals surface area contributed by atoms with Crippen molar-refractivity contribution >= 4 is 287 Å². The first-order valence-corrected chi connectivity index (χ1v) is 50.8. The predicted molar refractivity (Wildman–Crippen MR) is 583 cm³/mol.